The molecule has 0 aliphatic carbocycles. The second kappa shape index (κ2) is 11.6. The van der Waals surface area contributed by atoms with Gasteiger partial charge in [-0.2, -0.15) is 13.2 Å². The van der Waals surface area contributed by atoms with Gasteiger partial charge in [-0.05, 0) is 42.9 Å². The first kappa shape index (κ1) is 26.6. The maximum Gasteiger partial charge on any atom is 0.389 e. The fourth-order valence-electron chi connectivity index (χ4n) is 3.81. The number of carbonyl (C=O) groups excluding carboxylic acids is 1. The number of nitrogens with zero attached hydrogens (tertiary/aromatic N) is 2. The number of nitrogens with one attached hydrogen (secondary N) is 1. The Kier molecular flexibility index (Phi) is 8.87. The summed E-state index contributed by atoms with van der Waals surface area (Å²) >= 11 is 7.59. The largest absolute Gasteiger partial charge is 0.495 e. The van der Waals surface area contributed by atoms with Gasteiger partial charge < -0.3 is 14.9 Å². The predicted molar refractivity (Wildman–Crippen MR) is 134 cm³/mol. The lowest BCUT2D eigenvalue weighted by Crippen LogP contribution is -2.34. The van der Waals surface area contributed by atoms with Gasteiger partial charge in [0.25, 0.3) is 11.9 Å². The average molecular weight is 522 g/mol. The first-order chi connectivity index (χ1) is 16.7. The van der Waals surface area contributed by atoms with E-state index in [-0.39, 0.29) is 17.7 Å². The number of benzene rings is 2. The van der Waals surface area contributed by atoms with Gasteiger partial charge in [0.05, 0.1) is 24.3 Å². The number of aliphatic imine (C=N–C) groups is 1. The molecule has 35 heavy (non-hydrogen) atoms. The lowest BCUT2D eigenvalue weighted by molar-refractivity contribution is -0.134. The molecular formula is C25H23ClF3N3O2S. The second-order valence-corrected chi connectivity index (χ2v) is 9.27. The Balaban J connectivity index is 2.00. The van der Waals surface area contributed by atoms with Crippen molar-refractivity contribution in [3.05, 3.63) is 81.8 Å². The first-order valence-electron chi connectivity index (χ1n) is 10.7. The van der Waals surface area contributed by atoms with E-state index < -0.39 is 30.5 Å². The van der Waals surface area contributed by atoms with Crippen LogP contribution in [0.25, 0.3) is 4.85 Å². The van der Waals surface area contributed by atoms with E-state index in [0.29, 0.717) is 32.8 Å². The molecule has 1 aliphatic heterocycles. The van der Waals surface area contributed by atoms with Gasteiger partial charge in [-0.15, -0.1) is 11.8 Å². The molecule has 10 heteroatoms. The number of methoxy groups -OCH3 is 1. The molecular weight excluding hydrogens is 499 g/mol. The van der Waals surface area contributed by atoms with Gasteiger partial charge in [-0.3, -0.25) is 4.79 Å². The number of ether oxygens (including phenoxy) is 1. The number of rotatable bonds is 7. The van der Waals surface area contributed by atoms with Crippen molar-refractivity contribution in [1.82, 2.24) is 0 Å². The lowest BCUT2D eigenvalue weighted by atomic mass is 9.82. The van der Waals surface area contributed by atoms with Crippen molar-refractivity contribution in [1.29, 1.82) is 0 Å². The normalized spacial score (nSPS) is 18.0. The van der Waals surface area contributed by atoms with Gasteiger partial charge >= 0.3 is 6.18 Å². The molecule has 184 valence electrons. The molecule has 0 fully saturated rings. The number of alkyl halides is 3. The van der Waals surface area contributed by atoms with Crippen LogP contribution in [0.15, 0.2) is 64.8 Å². The summed E-state index contributed by atoms with van der Waals surface area (Å²) in [5.74, 6) is -0.598. The zero-order valence-corrected chi connectivity index (χ0v) is 20.6. The third-order valence-electron chi connectivity index (χ3n) is 5.38. The van der Waals surface area contributed by atoms with Crippen molar-refractivity contribution in [2.75, 3.05) is 18.2 Å². The number of anilines is 1. The SMILES string of the molecule is [C-]#[N+]C1C(SCCCC(F)(F)F)=NC(C)=C(C(=O)Nc2ccccc2OC)C1c1ccccc1Cl. The van der Waals surface area contributed by atoms with E-state index in [1.165, 1.54) is 7.11 Å². The summed E-state index contributed by atoms with van der Waals surface area (Å²) < 4.78 is 43.0. The minimum Gasteiger partial charge on any atom is -0.495 e. The van der Waals surface area contributed by atoms with Gasteiger partial charge in [0, 0.05) is 17.1 Å². The van der Waals surface area contributed by atoms with E-state index in [9.17, 15) is 18.0 Å². The molecule has 5 nitrogen and oxygen atoms in total. The Hall–Kier alpha value is -2.96. The molecule has 2 aromatic carbocycles. The van der Waals surface area contributed by atoms with Crippen molar-refractivity contribution in [2.24, 2.45) is 4.99 Å². The average Bonchev–Trinajstić information content (AvgIpc) is 2.81. The van der Waals surface area contributed by atoms with Crippen LogP contribution in [0, 0.1) is 6.57 Å². The van der Waals surface area contributed by atoms with Crippen LogP contribution in [0.4, 0.5) is 18.9 Å². The van der Waals surface area contributed by atoms with Gasteiger partial charge in [-0.25, -0.2) is 11.6 Å². The molecule has 1 amide bonds. The van der Waals surface area contributed by atoms with Crippen LogP contribution in [0.5, 0.6) is 5.75 Å². The zero-order chi connectivity index (χ0) is 25.6. The highest BCUT2D eigenvalue weighted by Gasteiger charge is 2.44. The summed E-state index contributed by atoms with van der Waals surface area (Å²) in [4.78, 5) is 21.7. The maximum absolute atomic E-state index is 13.5. The molecule has 2 aromatic rings. The number of para-hydroxylation sites is 2. The fraction of sp³-hybridized carbons (Fsp3) is 0.320. The van der Waals surface area contributed by atoms with Crippen LogP contribution in [0.2, 0.25) is 5.02 Å². The third kappa shape index (κ3) is 6.59. The Morgan fingerprint density at radius 3 is 2.57 bits per heavy atom. The molecule has 2 unspecified atom stereocenters. The van der Waals surface area contributed by atoms with E-state index in [4.69, 9.17) is 22.9 Å². The van der Waals surface area contributed by atoms with Crippen molar-refractivity contribution in [3.8, 4) is 5.75 Å². The Bertz CT molecular complexity index is 1190. The van der Waals surface area contributed by atoms with E-state index in [1.807, 2.05) is 0 Å². The van der Waals surface area contributed by atoms with Gasteiger partial charge in [0.2, 0.25) is 0 Å². The molecule has 0 saturated heterocycles. The highest BCUT2D eigenvalue weighted by Crippen LogP contribution is 2.42. The van der Waals surface area contributed by atoms with Gasteiger partial charge in [0.1, 0.15) is 5.75 Å². The Morgan fingerprint density at radius 1 is 1.23 bits per heavy atom. The monoisotopic (exact) mass is 521 g/mol. The molecule has 1 N–H and O–H groups in total. The van der Waals surface area contributed by atoms with Crippen LogP contribution in [-0.2, 0) is 4.79 Å². The maximum atomic E-state index is 13.5. The van der Waals surface area contributed by atoms with Gasteiger partial charge in [-0.1, -0.05) is 41.9 Å². The molecule has 0 saturated carbocycles. The number of hydrogen-bond donors (Lipinski definition) is 1. The topological polar surface area (TPSA) is 55.0 Å². The van der Waals surface area contributed by atoms with E-state index in [0.717, 1.165) is 11.8 Å². The number of amides is 1. The minimum absolute atomic E-state index is 0.0986. The molecule has 1 heterocycles. The standard InChI is InChI=1S/C25H23ClF3N3O2S/c1-15-20(23(33)32-18-11-6-7-12-19(18)34-3)21(16-9-4-5-10-17(16)26)22(30-2)24(31-15)35-14-8-13-25(27,28)29/h4-7,9-12,21-22H,8,13-14H2,1,3H3,(H,32,33). The van der Waals surface area contributed by atoms with Crippen LogP contribution >= 0.6 is 23.4 Å². The molecule has 2 atom stereocenters. The summed E-state index contributed by atoms with van der Waals surface area (Å²) in [6.45, 7) is 9.52. The van der Waals surface area contributed by atoms with Crippen molar-refractivity contribution >= 4 is 40.0 Å². The summed E-state index contributed by atoms with van der Waals surface area (Å²) in [5.41, 5.74) is 1.67. The van der Waals surface area contributed by atoms with Crippen molar-refractivity contribution in [3.63, 3.8) is 0 Å². The second-order valence-electron chi connectivity index (χ2n) is 7.74. The number of carbonyl (C=O) groups is 1. The Morgan fingerprint density at radius 2 is 1.91 bits per heavy atom. The minimum atomic E-state index is -4.24. The molecule has 1 aliphatic rings. The van der Waals surface area contributed by atoms with E-state index >= 15 is 0 Å². The fourth-order valence-corrected chi connectivity index (χ4v) is 5.12. The number of hydrogen-bond acceptors (Lipinski definition) is 4. The molecule has 3 rings (SSSR count). The summed E-state index contributed by atoms with van der Waals surface area (Å²) in [6.07, 6.45) is -5.25. The smallest absolute Gasteiger partial charge is 0.389 e. The summed E-state index contributed by atoms with van der Waals surface area (Å²) in [6, 6.07) is 12.9. The highest BCUT2D eigenvalue weighted by atomic mass is 35.5. The van der Waals surface area contributed by atoms with Crippen LogP contribution in [-0.4, -0.2) is 36.0 Å². The third-order valence-corrected chi connectivity index (χ3v) is 6.85. The molecule has 0 bridgehead atoms. The van der Waals surface area contributed by atoms with Crippen LogP contribution in [0.1, 0.15) is 31.2 Å². The number of allylic oxidation sites excluding steroid dienone is 1. The van der Waals surface area contributed by atoms with E-state index in [1.54, 1.807) is 55.5 Å². The zero-order valence-electron chi connectivity index (χ0n) is 19.0. The summed E-state index contributed by atoms with van der Waals surface area (Å²) in [7, 11) is 1.49. The summed E-state index contributed by atoms with van der Waals surface area (Å²) in [5, 5.41) is 3.59. The van der Waals surface area contributed by atoms with Crippen molar-refractivity contribution < 1.29 is 22.7 Å². The Labute approximate surface area is 211 Å². The number of halogens is 4. The predicted octanol–water partition coefficient (Wildman–Crippen LogP) is 7.12. The highest BCUT2D eigenvalue weighted by molar-refractivity contribution is 8.14. The van der Waals surface area contributed by atoms with E-state index in [2.05, 4.69) is 15.2 Å². The molecule has 0 aromatic heterocycles. The quantitative estimate of drug-likeness (QED) is 0.312. The molecule has 0 spiro atoms. The first-order valence-corrected chi connectivity index (χ1v) is 12.1. The number of thioether (sulfide) groups is 1. The van der Waals surface area contributed by atoms with Crippen LogP contribution in [0.3, 0.4) is 0 Å². The van der Waals surface area contributed by atoms with Crippen LogP contribution < -0.4 is 10.1 Å². The van der Waals surface area contributed by atoms with Gasteiger partial charge in [0.15, 0.2) is 5.04 Å². The van der Waals surface area contributed by atoms with Crippen molar-refractivity contribution in [2.45, 2.75) is 37.9 Å². The lowest BCUT2D eigenvalue weighted by Gasteiger charge is -2.28. The molecule has 0 radical (unpaired) electrons.